The Labute approximate surface area is 149 Å². The summed E-state index contributed by atoms with van der Waals surface area (Å²) in [6.45, 7) is 0.650. The minimum atomic E-state index is -0.161. The molecule has 1 saturated heterocycles. The van der Waals surface area contributed by atoms with E-state index in [1.54, 1.807) is 18.3 Å². The summed E-state index contributed by atoms with van der Waals surface area (Å²) in [5.74, 6) is 3.87. The van der Waals surface area contributed by atoms with Gasteiger partial charge in [0.2, 0.25) is 12.7 Å². The lowest BCUT2D eigenvalue weighted by Crippen LogP contribution is -2.23. The van der Waals surface area contributed by atoms with Gasteiger partial charge in [-0.15, -0.1) is 0 Å². The average Bonchev–Trinajstić information content (AvgIpc) is 3.31. The van der Waals surface area contributed by atoms with Crippen LogP contribution in [0.5, 0.6) is 17.4 Å². The number of benzene rings is 1. The van der Waals surface area contributed by atoms with E-state index >= 15 is 0 Å². The van der Waals surface area contributed by atoms with Gasteiger partial charge in [-0.3, -0.25) is 4.79 Å². The van der Waals surface area contributed by atoms with E-state index in [9.17, 15) is 4.79 Å². The van der Waals surface area contributed by atoms with Crippen LogP contribution >= 0.6 is 11.8 Å². The molecular formula is C18H18N2O4S. The monoisotopic (exact) mass is 358 g/mol. The Hall–Kier alpha value is -2.41. The molecule has 4 rings (SSSR count). The Morgan fingerprint density at radius 2 is 2.20 bits per heavy atom. The number of amides is 1. The van der Waals surface area contributed by atoms with Gasteiger partial charge >= 0.3 is 0 Å². The van der Waals surface area contributed by atoms with Crippen molar-refractivity contribution in [2.45, 2.75) is 19.1 Å². The molecule has 1 unspecified atom stereocenters. The summed E-state index contributed by atoms with van der Waals surface area (Å²) < 4.78 is 16.5. The second-order valence-corrected chi connectivity index (χ2v) is 7.01. The summed E-state index contributed by atoms with van der Waals surface area (Å²) in [6, 6.07) is 9.01. The van der Waals surface area contributed by atoms with Crippen molar-refractivity contribution in [1.29, 1.82) is 0 Å². The molecule has 1 fully saturated rings. The van der Waals surface area contributed by atoms with Gasteiger partial charge in [0.05, 0.1) is 0 Å². The normalized spacial score (nSPS) is 18.2. The number of fused-ring (bicyclic) bond motifs is 1. The molecule has 25 heavy (non-hydrogen) atoms. The fourth-order valence-electron chi connectivity index (χ4n) is 2.73. The number of nitrogens with zero attached hydrogens (tertiary/aromatic N) is 1. The fraction of sp³-hybridized carbons (Fsp3) is 0.333. The van der Waals surface area contributed by atoms with Gasteiger partial charge in [-0.2, -0.15) is 11.8 Å². The third-order valence-electron chi connectivity index (χ3n) is 4.06. The molecule has 3 heterocycles. The number of carbonyl (C=O) groups is 1. The molecule has 2 aromatic rings. The smallest absolute Gasteiger partial charge is 0.251 e. The van der Waals surface area contributed by atoms with Gasteiger partial charge in [-0.1, -0.05) is 6.07 Å². The van der Waals surface area contributed by atoms with Crippen LogP contribution in [0, 0.1) is 0 Å². The van der Waals surface area contributed by atoms with E-state index in [0.717, 1.165) is 29.2 Å². The van der Waals surface area contributed by atoms with Crippen LogP contribution < -0.4 is 19.5 Å². The molecule has 1 atom stereocenters. The first kappa shape index (κ1) is 16.1. The van der Waals surface area contributed by atoms with Crippen LogP contribution in [-0.4, -0.2) is 35.3 Å². The molecule has 1 N–H and O–H groups in total. The number of thioether (sulfide) groups is 1. The van der Waals surface area contributed by atoms with E-state index in [0.29, 0.717) is 23.7 Å². The van der Waals surface area contributed by atoms with Crippen LogP contribution in [0.2, 0.25) is 0 Å². The molecule has 0 radical (unpaired) electrons. The van der Waals surface area contributed by atoms with Gasteiger partial charge in [-0.25, -0.2) is 4.98 Å². The van der Waals surface area contributed by atoms with E-state index in [4.69, 9.17) is 14.2 Å². The molecule has 0 spiro atoms. The predicted molar refractivity (Wildman–Crippen MR) is 94.3 cm³/mol. The van der Waals surface area contributed by atoms with Crippen molar-refractivity contribution in [1.82, 2.24) is 10.3 Å². The molecule has 6 nitrogen and oxygen atoms in total. The van der Waals surface area contributed by atoms with Crippen LogP contribution in [0.1, 0.15) is 22.3 Å². The van der Waals surface area contributed by atoms with Crippen molar-refractivity contribution in [2.75, 3.05) is 18.3 Å². The number of pyridine rings is 1. The van der Waals surface area contributed by atoms with E-state index in [2.05, 4.69) is 10.3 Å². The molecule has 130 valence electrons. The Kier molecular flexibility index (Phi) is 4.65. The van der Waals surface area contributed by atoms with Gasteiger partial charge in [0.15, 0.2) is 11.5 Å². The van der Waals surface area contributed by atoms with Crippen LogP contribution in [0.4, 0.5) is 0 Å². The highest BCUT2D eigenvalue weighted by molar-refractivity contribution is 7.99. The number of aromatic nitrogens is 1. The third kappa shape index (κ3) is 3.82. The molecule has 0 aliphatic carbocycles. The first-order valence-electron chi connectivity index (χ1n) is 8.15. The first-order valence-corrected chi connectivity index (χ1v) is 9.30. The van der Waals surface area contributed by atoms with E-state index < -0.39 is 0 Å². The zero-order chi connectivity index (χ0) is 17.1. The maximum Gasteiger partial charge on any atom is 0.251 e. The molecule has 2 aliphatic rings. The number of rotatable bonds is 5. The van der Waals surface area contributed by atoms with Crippen molar-refractivity contribution in [2.24, 2.45) is 0 Å². The van der Waals surface area contributed by atoms with Gasteiger partial charge in [0.25, 0.3) is 5.91 Å². The van der Waals surface area contributed by atoms with E-state index in [1.165, 1.54) is 0 Å². The molecule has 7 heteroatoms. The summed E-state index contributed by atoms with van der Waals surface area (Å²) in [5, 5.41) is 2.90. The fourth-order valence-corrected chi connectivity index (χ4v) is 3.82. The lowest BCUT2D eigenvalue weighted by atomic mass is 10.2. The predicted octanol–water partition coefficient (Wildman–Crippen LogP) is 2.62. The number of hydrogen-bond donors (Lipinski definition) is 1. The SMILES string of the molecule is O=C(NCc1ccc2c(c1)OCO2)c1ccnc(OC2CCSC2)c1. The molecular weight excluding hydrogens is 340 g/mol. The summed E-state index contributed by atoms with van der Waals surface area (Å²) in [4.78, 5) is 16.6. The van der Waals surface area contributed by atoms with Gasteiger partial charge < -0.3 is 19.5 Å². The zero-order valence-electron chi connectivity index (χ0n) is 13.6. The molecule has 0 bridgehead atoms. The van der Waals surface area contributed by atoms with E-state index in [1.807, 2.05) is 30.0 Å². The molecule has 1 aromatic heterocycles. The second kappa shape index (κ2) is 7.23. The van der Waals surface area contributed by atoms with Gasteiger partial charge in [-0.05, 0) is 35.9 Å². The summed E-state index contributed by atoms with van der Waals surface area (Å²) >= 11 is 1.87. The van der Waals surface area contributed by atoms with Crippen molar-refractivity contribution < 1.29 is 19.0 Å². The Morgan fingerprint density at radius 1 is 1.28 bits per heavy atom. The van der Waals surface area contributed by atoms with Gasteiger partial charge in [0, 0.05) is 30.1 Å². The highest BCUT2D eigenvalue weighted by atomic mass is 32.2. The largest absolute Gasteiger partial charge is 0.473 e. The summed E-state index contributed by atoms with van der Waals surface area (Å²) in [5.41, 5.74) is 1.49. The Balaban J connectivity index is 1.37. The maximum absolute atomic E-state index is 12.4. The second-order valence-electron chi connectivity index (χ2n) is 5.86. The minimum absolute atomic E-state index is 0.161. The Morgan fingerprint density at radius 3 is 3.08 bits per heavy atom. The molecule has 1 aromatic carbocycles. The van der Waals surface area contributed by atoms with Crippen LogP contribution in [0.3, 0.4) is 0 Å². The number of hydrogen-bond acceptors (Lipinski definition) is 6. The number of ether oxygens (including phenoxy) is 3. The number of carbonyl (C=O) groups excluding carboxylic acids is 1. The van der Waals surface area contributed by atoms with Crippen molar-refractivity contribution in [3.63, 3.8) is 0 Å². The van der Waals surface area contributed by atoms with Crippen molar-refractivity contribution in [3.8, 4) is 17.4 Å². The summed E-state index contributed by atoms with van der Waals surface area (Å²) in [6.07, 6.45) is 2.81. The Bertz CT molecular complexity index is 777. The zero-order valence-corrected chi connectivity index (χ0v) is 14.4. The van der Waals surface area contributed by atoms with Gasteiger partial charge in [0.1, 0.15) is 6.10 Å². The van der Waals surface area contributed by atoms with Crippen molar-refractivity contribution >= 4 is 17.7 Å². The minimum Gasteiger partial charge on any atom is -0.473 e. The van der Waals surface area contributed by atoms with Crippen LogP contribution in [-0.2, 0) is 6.54 Å². The first-order chi connectivity index (χ1) is 12.3. The van der Waals surface area contributed by atoms with Crippen molar-refractivity contribution in [3.05, 3.63) is 47.7 Å². The average molecular weight is 358 g/mol. The lowest BCUT2D eigenvalue weighted by molar-refractivity contribution is 0.0949. The highest BCUT2D eigenvalue weighted by Gasteiger charge is 2.18. The molecule has 2 aliphatic heterocycles. The standard InChI is InChI=1S/C18H18N2O4S/c21-18(20-9-12-1-2-15-16(7-12)23-11-22-15)13-3-5-19-17(8-13)24-14-4-6-25-10-14/h1-3,5,7-8,14H,4,6,9-11H2,(H,20,21). The van der Waals surface area contributed by atoms with Crippen LogP contribution in [0.25, 0.3) is 0 Å². The third-order valence-corrected chi connectivity index (χ3v) is 5.19. The number of nitrogens with one attached hydrogen (secondary N) is 1. The molecule has 1 amide bonds. The topological polar surface area (TPSA) is 69.7 Å². The maximum atomic E-state index is 12.4. The quantitative estimate of drug-likeness (QED) is 0.886. The van der Waals surface area contributed by atoms with Crippen LogP contribution in [0.15, 0.2) is 36.5 Å². The lowest BCUT2D eigenvalue weighted by Gasteiger charge is -2.12. The molecule has 0 saturated carbocycles. The van der Waals surface area contributed by atoms with E-state index in [-0.39, 0.29) is 18.8 Å². The summed E-state index contributed by atoms with van der Waals surface area (Å²) in [7, 11) is 0. The highest BCUT2D eigenvalue weighted by Crippen LogP contribution is 2.32.